The molecule has 11 heteroatoms. The van der Waals surface area contributed by atoms with Gasteiger partial charge in [-0.05, 0) is 48.8 Å². The maximum atomic E-state index is 12.5. The molecule has 5 unspecified atom stereocenters. The average molecular weight is 596 g/mol. The summed E-state index contributed by atoms with van der Waals surface area (Å²) in [6, 6.07) is 2.87. The van der Waals surface area contributed by atoms with E-state index in [1.54, 1.807) is 13.8 Å². The molecule has 0 bridgehead atoms. The number of ether oxygens (including phenoxy) is 5. The highest BCUT2D eigenvalue weighted by Gasteiger charge is 2.36. The molecule has 0 spiro atoms. The molecule has 0 amide bonds. The summed E-state index contributed by atoms with van der Waals surface area (Å²) in [5.74, 6) is -2.87. The second-order valence-corrected chi connectivity index (χ2v) is 11.4. The van der Waals surface area contributed by atoms with E-state index < -0.39 is 48.2 Å². The van der Waals surface area contributed by atoms with Crippen molar-refractivity contribution in [1.82, 2.24) is 0 Å². The first-order valence-electron chi connectivity index (χ1n) is 14.7. The number of carboxylic acid groups (broad SMARTS) is 1. The lowest BCUT2D eigenvalue weighted by Gasteiger charge is -2.32. The van der Waals surface area contributed by atoms with Gasteiger partial charge in [-0.25, -0.2) is 9.59 Å². The van der Waals surface area contributed by atoms with Crippen LogP contribution < -0.4 is 15.2 Å². The van der Waals surface area contributed by atoms with E-state index in [0.29, 0.717) is 17.9 Å². The highest BCUT2D eigenvalue weighted by Crippen LogP contribution is 2.37. The number of hydrogen-bond donors (Lipinski definition) is 2. The quantitative estimate of drug-likeness (QED) is 0.118. The molecule has 6 atom stereocenters. The van der Waals surface area contributed by atoms with Crippen LogP contribution >= 0.6 is 0 Å². The van der Waals surface area contributed by atoms with Crippen molar-refractivity contribution < 1.29 is 48.0 Å². The Labute approximate surface area is 249 Å². The summed E-state index contributed by atoms with van der Waals surface area (Å²) in [6.07, 6.45) is -0.219. The van der Waals surface area contributed by atoms with Gasteiger partial charge in [-0.1, -0.05) is 67.4 Å². The maximum Gasteiger partial charge on any atom is 0.513 e. The van der Waals surface area contributed by atoms with Crippen LogP contribution in [-0.2, 0) is 23.8 Å². The zero-order valence-electron chi connectivity index (χ0n) is 26.2. The molecule has 42 heavy (non-hydrogen) atoms. The first-order valence-corrected chi connectivity index (χ1v) is 14.7. The predicted molar refractivity (Wildman–Crippen MR) is 156 cm³/mol. The van der Waals surface area contributed by atoms with Crippen LogP contribution in [0.2, 0.25) is 0 Å². The highest BCUT2D eigenvalue weighted by atomic mass is 16.7. The molecule has 3 N–H and O–H groups in total. The van der Waals surface area contributed by atoms with E-state index in [0.717, 1.165) is 12.8 Å². The molecule has 0 aliphatic heterocycles. The zero-order chi connectivity index (χ0) is 32.0. The third-order valence-electron chi connectivity index (χ3n) is 7.33. The molecule has 0 heterocycles. The van der Waals surface area contributed by atoms with E-state index in [2.05, 4.69) is 0 Å². The van der Waals surface area contributed by atoms with Gasteiger partial charge in [-0.3, -0.25) is 9.59 Å². The molecule has 0 aromatic heterocycles. The summed E-state index contributed by atoms with van der Waals surface area (Å²) in [4.78, 5) is 49.3. The summed E-state index contributed by atoms with van der Waals surface area (Å²) < 4.78 is 26.7. The van der Waals surface area contributed by atoms with Crippen LogP contribution in [0.1, 0.15) is 92.6 Å². The monoisotopic (exact) mass is 595 g/mol. The second kappa shape index (κ2) is 18.3. The summed E-state index contributed by atoms with van der Waals surface area (Å²) >= 11 is 0. The van der Waals surface area contributed by atoms with Crippen molar-refractivity contribution >= 4 is 24.2 Å². The van der Waals surface area contributed by atoms with Crippen LogP contribution in [0.15, 0.2) is 18.2 Å². The van der Waals surface area contributed by atoms with Gasteiger partial charge in [0.1, 0.15) is 12.1 Å². The number of hydrogen-bond acceptors (Lipinski definition) is 10. The number of nitrogens with two attached hydrogens (primary N) is 1. The number of carboxylic acids is 1. The van der Waals surface area contributed by atoms with Crippen molar-refractivity contribution in [3.63, 3.8) is 0 Å². The maximum absolute atomic E-state index is 12.5. The summed E-state index contributed by atoms with van der Waals surface area (Å²) in [6.45, 7) is 15.4. The summed E-state index contributed by atoms with van der Waals surface area (Å²) in [7, 11) is 0. The molecule has 0 aliphatic carbocycles. The minimum atomic E-state index is -1.39. The zero-order valence-corrected chi connectivity index (χ0v) is 26.2. The Morgan fingerprint density at radius 3 is 1.83 bits per heavy atom. The van der Waals surface area contributed by atoms with Crippen molar-refractivity contribution in [2.24, 2.45) is 29.4 Å². The Morgan fingerprint density at radius 2 is 1.36 bits per heavy atom. The lowest BCUT2D eigenvalue weighted by atomic mass is 9.79. The number of esters is 1. The lowest BCUT2D eigenvalue weighted by molar-refractivity contribution is -0.151. The van der Waals surface area contributed by atoms with E-state index in [4.69, 9.17) is 29.4 Å². The Bertz CT molecular complexity index is 1030. The fourth-order valence-corrected chi connectivity index (χ4v) is 3.85. The minimum absolute atomic E-state index is 0.0960. The second-order valence-electron chi connectivity index (χ2n) is 11.4. The van der Waals surface area contributed by atoms with Gasteiger partial charge >= 0.3 is 24.2 Å². The van der Waals surface area contributed by atoms with Gasteiger partial charge in [-0.15, -0.1) is 0 Å². The van der Waals surface area contributed by atoms with Crippen LogP contribution in [0.3, 0.4) is 0 Å². The Kier molecular flexibility index (Phi) is 15.9. The molecular formula is C31H49NO10. The molecule has 11 nitrogen and oxygen atoms in total. The van der Waals surface area contributed by atoms with Crippen molar-refractivity contribution in [2.75, 3.05) is 13.2 Å². The van der Waals surface area contributed by atoms with Crippen molar-refractivity contribution in [3.8, 4) is 11.5 Å². The van der Waals surface area contributed by atoms with Gasteiger partial charge < -0.3 is 34.5 Å². The molecule has 0 radical (unpaired) electrons. The normalized spacial score (nSPS) is 15.5. The first-order chi connectivity index (χ1) is 19.7. The predicted octanol–water partition coefficient (Wildman–Crippen LogP) is 6.31. The smallest absolute Gasteiger partial charge is 0.480 e. The van der Waals surface area contributed by atoms with Gasteiger partial charge in [0.25, 0.3) is 0 Å². The van der Waals surface area contributed by atoms with Crippen LogP contribution in [-0.4, -0.2) is 54.7 Å². The molecular weight excluding hydrogens is 546 g/mol. The van der Waals surface area contributed by atoms with Gasteiger partial charge in [0.15, 0.2) is 11.5 Å². The highest BCUT2D eigenvalue weighted by molar-refractivity contribution is 5.75. The molecule has 0 aliphatic rings. The first kappa shape index (κ1) is 36.7. The van der Waals surface area contributed by atoms with Gasteiger partial charge in [0.05, 0.1) is 13.2 Å². The number of carbonyl (C=O) groups is 4. The molecule has 1 rings (SSSR count). The summed E-state index contributed by atoms with van der Waals surface area (Å²) in [5.41, 5.74) is 6.50. The SMILES string of the molecule is CCC(C)COC(=O)Oc1ccc(C(C(C)C(C)OC(=O)CCC(C)C)[C@H](N)C(=O)O)cc1OC(=O)OCC(C)CC. The average Bonchev–Trinajstić information content (AvgIpc) is 2.94. The van der Waals surface area contributed by atoms with E-state index in [1.165, 1.54) is 18.2 Å². The van der Waals surface area contributed by atoms with Crippen molar-refractivity contribution in [1.29, 1.82) is 0 Å². The standard InChI is InChI=1S/C31H49NO10/c1-9-19(5)16-38-30(36)41-24-13-12-23(15-25(24)42-31(37)39-17-20(6)10-2)27(28(32)29(34)35)21(7)22(8)40-26(33)14-11-18(3)4/h12-13,15,18-22,27-28H,9-11,14,16-17,32H2,1-8H3,(H,34,35)/t19?,20?,21?,22?,27?,28-/m0/s1. The third kappa shape index (κ3) is 12.7. The van der Waals surface area contributed by atoms with Gasteiger partial charge in [0, 0.05) is 18.3 Å². The van der Waals surface area contributed by atoms with Crippen molar-refractivity contribution in [3.05, 3.63) is 23.8 Å². The van der Waals surface area contributed by atoms with Crippen LogP contribution in [0, 0.1) is 23.7 Å². The van der Waals surface area contributed by atoms with E-state index in [1.807, 2.05) is 41.5 Å². The molecule has 0 fully saturated rings. The lowest BCUT2D eigenvalue weighted by Crippen LogP contribution is -2.42. The van der Waals surface area contributed by atoms with Gasteiger partial charge in [0.2, 0.25) is 0 Å². The summed E-state index contributed by atoms with van der Waals surface area (Å²) in [5, 5.41) is 9.81. The van der Waals surface area contributed by atoms with E-state index >= 15 is 0 Å². The van der Waals surface area contributed by atoms with Crippen LogP contribution in [0.5, 0.6) is 11.5 Å². The topological polar surface area (TPSA) is 161 Å². The Morgan fingerprint density at radius 1 is 0.833 bits per heavy atom. The fraction of sp³-hybridized carbons (Fsp3) is 0.677. The van der Waals surface area contributed by atoms with Gasteiger partial charge in [-0.2, -0.15) is 0 Å². The fourth-order valence-electron chi connectivity index (χ4n) is 3.85. The van der Waals surface area contributed by atoms with Crippen LogP contribution in [0.4, 0.5) is 9.59 Å². The number of aliphatic carboxylic acids is 1. The third-order valence-corrected chi connectivity index (χ3v) is 7.33. The van der Waals surface area contributed by atoms with Crippen LogP contribution in [0.25, 0.3) is 0 Å². The number of benzene rings is 1. The number of rotatable bonds is 17. The largest absolute Gasteiger partial charge is 0.513 e. The minimum Gasteiger partial charge on any atom is -0.480 e. The Hall–Kier alpha value is -3.34. The molecule has 1 aromatic rings. The molecule has 1 aromatic carbocycles. The van der Waals surface area contributed by atoms with E-state index in [-0.39, 0.29) is 43.0 Å². The Balaban J connectivity index is 3.37. The molecule has 0 saturated carbocycles. The molecule has 0 saturated heterocycles. The van der Waals surface area contributed by atoms with Crippen molar-refractivity contribution in [2.45, 2.75) is 99.1 Å². The molecule has 238 valence electrons. The number of carbonyl (C=O) groups excluding carboxylic acids is 3. The van der Waals surface area contributed by atoms with E-state index in [9.17, 15) is 24.3 Å².